The Morgan fingerprint density at radius 2 is 0.753 bits per heavy atom. The minimum Gasteiger partial charge on any atom is -0.756 e. The molecule has 0 saturated carbocycles. The molecule has 0 bridgehead atoms. The average Bonchev–Trinajstić information content (AvgIpc) is 3.62. The highest BCUT2D eigenvalue weighted by molar-refractivity contribution is 7.45. The van der Waals surface area contributed by atoms with Gasteiger partial charge in [-0.25, -0.2) is 0 Å². The molecular formula is C75H127N2O7P. The molecule has 0 fully saturated rings. The molecular weight excluding hydrogens is 1070 g/mol. The lowest BCUT2D eigenvalue weighted by Crippen LogP contribution is -2.47. The number of nitrogens with one attached hydrogen (secondary N) is 1. The molecule has 484 valence electrons. The quantitative estimate of drug-likeness (QED) is 0.0212. The molecule has 0 heterocycles. The number of quaternary nitrogens is 1. The fourth-order valence-electron chi connectivity index (χ4n) is 9.08. The van der Waals surface area contributed by atoms with Gasteiger partial charge in [0.05, 0.1) is 33.8 Å². The number of ether oxygens (including phenoxy) is 1. The molecule has 0 aromatic heterocycles. The number of carbonyl (C=O) groups is 2. The Labute approximate surface area is 523 Å². The number of carbonyl (C=O) groups excluding carboxylic acids is 2. The fourth-order valence-corrected chi connectivity index (χ4v) is 9.80. The second-order valence-electron chi connectivity index (χ2n) is 23.6. The predicted molar refractivity (Wildman–Crippen MR) is 366 cm³/mol. The highest BCUT2D eigenvalue weighted by Crippen LogP contribution is 2.38. The maximum atomic E-state index is 13.6. The molecule has 0 rings (SSSR count). The number of rotatable bonds is 60. The molecule has 3 unspecified atom stereocenters. The van der Waals surface area contributed by atoms with Crippen molar-refractivity contribution >= 4 is 19.7 Å². The van der Waals surface area contributed by atoms with Gasteiger partial charge in [-0.2, -0.15) is 0 Å². The van der Waals surface area contributed by atoms with Gasteiger partial charge in [-0.15, -0.1) is 0 Å². The molecule has 0 saturated heterocycles. The van der Waals surface area contributed by atoms with E-state index in [1.807, 2.05) is 33.3 Å². The van der Waals surface area contributed by atoms with E-state index in [2.05, 4.69) is 160 Å². The summed E-state index contributed by atoms with van der Waals surface area (Å²) in [7, 11) is 1.14. The minimum absolute atomic E-state index is 0.0368. The summed E-state index contributed by atoms with van der Waals surface area (Å²) in [5.74, 6) is -0.586. The third-order valence-electron chi connectivity index (χ3n) is 14.3. The maximum absolute atomic E-state index is 13.6. The molecule has 0 aliphatic rings. The number of likely N-dealkylation sites (N-methyl/N-ethyl adjacent to an activating group) is 1. The summed E-state index contributed by atoms with van der Waals surface area (Å²) in [6, 6.07) is -0.916. The van der Waals surface area contributed by atoms with Gasteiger partial charge in [0.25, 0.3) is 7.82 Å². The van der Waals surface area contributed by atoms with Gasteiger partial charge in [0.1, 0.15) is 19.3 Å². The van der Waals surface area contributed by atoms with Gasteiger partial charge in [-0.05, 0) is 128 Å². The Bertz CT molecular complexity index is 1960. The average molecular weight is 1200 g/mol. The van der Waals surface area contributed by atoms with Crippen molar-refractivity contribution in [2.75, 3.05) is 40.9 Å². The second-order valence-corrected chi connectivity index (χ2v) is 25.0. The number of hydrogen-bond acceptors (Lipinski definition) is 7. The molecule has 0 aliphatic heterocycles. The summed E-state index contributed by atoms with van der Waals surface area (Å²) in [6.45, 7) is 6.58. The minimum atomic E-state index is -4.72. The van der Waals surface area contributed by atoms with E-state index in [0.717, 1.165) is 141 Å². The summed E-state index contributed by atoms with van der Waals surface area (Å²) in [5.41, 5.74) is 0. The monoisotopic (exact) mass is 1200 g/mol. The predicted octanol–water partition coefficient (Wildman–Crippen LogP) is 21.1. The molecule has 1 amide bonds. The summed E-state index contributed by atoms with van der Waals surface area (Å²) in [5, 5.41) is 3.02. The van der Waals surface area contributed by atoms with Gasteiger partial charge in [0, 0.05) is 12.8 Å². The lowest BCUT2D eigenvalue weighted by atomic mass is 10.1. The molecule has 10 heteroatoms. The first-order valence-corrected chi connectivity index (χ1v) is 35.6. The lowest BCUT2D eigenvalue weighted by Gasteiger charge is -2.30. The second kappa shape index (κ2) is 62.9. The molecule has 9 nitrogen and oxygen atoms in total. The number of nitrogens with zero attached hydrogens (tertiary/aromatic N) is 1. The highest BCUT2D eigenvalue weighted by atomic mass is 31.2. The van der Waals surface area contributed by atoms with Gasteiger partial charge in [0.2, 0.25) is 5.91 Å². The summed E-state index contributed by atoms with van der Waals surface area (Å²) in [6.07, 6.45) is 91.1. The van der Waals surface area contributed by atoms with Crippen molar-refractivity contribution in [2.24, 2.45) is 0 Å². The van der Waals surface area contributed by atoms with Crippen molar-refractivity contribution in [1.29, 1.82) is 0 Å². The van der Waals surface area contributed by atoms with E-state index in [-0.39, 0.29) is 31.3 Å². The molecule has 0 radical (unpaired) electrons. The van der Waals surface area contributed by atoms with Crippen molar-refractivity contribution < 1.29 is 37.3 Å². The Balaban J connectivity index is 5.16. The van der Waals surface area contributed by atoms with E-state index in [4.69, 9.17) is 13.8 Å². The summed E-state index contributed by atoms with van der Waals surface area (Å²) >= 11 is 0. The van der Waals surface area contributed by atoms with Crippen LogP contribution >= 0.6 is 7.82 Å². The Hall–Kier alpha value is -4.11. The van der Waals surface area contributed by atoms with E-state index in [1.54, 1.807) is 0 Å². The van der Waals surface area contributed by atoms with Crippen LogP contribution in [0.3, 0.4) is 0 Å². The lowest BCUT2D eigenvalue weighted by molar-refractivity contribution is -0.870. The van der Waals surface area contributed by atoms with Crippen LogP contribution in [0.2, 0.25) is 0 Å². The van der Waals surface area contributed by atoms with Gasteiger partial charge in [0.15, 0.2) is 0 Å². The highest BCUT2D eigenvalue weighted by Gasteiger charge is 2.27. The molecule has 3 atom stereocenters. The molecule has 0 aromatic carbocycles. The maximum Gasteiger partial charge on any atom is 0.306 e. The molecule has 1 N–H and O–H groups in total. The van der Waals surface area contributed by atoms with Crippen LogP contribution in [-0.4, -0.2) is 69.4 Å². The van der Waals surface area contributed by atoms with E-state index in [1.165, 1.54) is 77.0 Å². The molecule has 0 aromatic rings. The number of unbranched alkanes of at least 4 members (excludes halogenated alkanes) is 22. The van der Waals surface area contributed by atoms with Crippen LogP contribution in [0.5, 0.6) is 0 Å². The zero-order valence-corrected chi connectivity index (χ0v) is 56.1. The Morgan fingerprint density at radius 3 is 1.13 bits per heavy atom. The van der Waals surface area contributed by atoms with E-state index < -0.39 is 26.6 Å². The van der Waals surface area contributed by atoms with Gasteiger partial charge in [-0.1, -0.05) is 270 Å². The third-order valence-corrected chi connectivity index (χ3v) is 15.2. The fraction of sp³-hybridized carbons (Fsp3) is 0.653. The van der Waals surface area contributed by atoms with Crippen LogP contribution in [0.4, 0.5) is 0 Å². The van der Waals surface area contributed by atoms with E-state index in [9.17, 15) is 19.0 Å². The standard InChI is InChI=1S/C75H127N2O7P/c1-7-10-13-16-19-22-25-27-29-31-33-35-37-38-40-42-44-46-48-50-53-56-59-62-65-68-75(79)84-73(66-63-60-57-54-51-24-21-18-15-12-9-3)72(71-83-85(80,81)82-70-69-77(4,5)6)76-74(78)67-64-61-58-55-52-49-47-45-43-41-39-36-34-32-30-28-26-23-20-17-14-11-8-2/h10-11,13-14,19-20,22-23,27-30,33-36,38,40-41,43,47,49,63,66,72-73H,7-9,12,15-18,21,24-26,31-32,37,39,42,44-46,48,50-62,64-65,67-71H2,1-6H3,(H-,76,78,80,81)/b13-10-,14-11-,22-19-,23-20-,29-27-,30-28-,35-33-,36-34-,40-38-,43-41-,49-47-,66-63+. The Kier molecular flexibility index (Phi) is 59.9. The largest absolute Gasteiger partial charge is 0.756 e. The zero-order valence-electron chi connectivity index (χ0n) is 55.3. The van der Waals surface area contributed by atoms with Crippen molar-refractivity contribution in [3.05, 3.63) is 146 Å². The SMILES string of the molecule is CC/C=C\C/C=C\C/C=C\C/C=C\C/C=C\C/C=C\CCCCCCC(=O)NC(COP(=O)([O-])OCC[N+](C)(C)C)C(/C=C/CCCCCCCCCCC)OC(=O)CCCCCCCCCCC/C=C\C/C=C\C/C=C\C/C=C\C/C=C\CC. The van der Waals surface area contributed by atoms with Crippen molar-refractivity contribution in [3.8, 4) is 0 Å². The van der Waals surface area contributed by atoms with Crippen LogP contribution in [0.25, 0.3) is 0 Å². The van der Waals surface area contributed by atoms with Crippen molar-refractivity contribution in [1.82, 2.24) is 5.32 Å². The van der Waals surface area contributed by atoms with Crippen molar-refractivity contribution in [2.45, 2.75) is 277 Å². The van der Waals surface area contributed by atoms with Gasteiger partial charge >= 0.3 is 5.97 Å². The van der Waals surface area contributed by atoms with Gasteiger partial charge in [-0.3, -0.25) is 14.2 Å². The van der Waals surface area contributed by atoms with E-state index >= 15 is 0 Å². The van der Waals surface area contributed by atoms with Crippen molar-refractivity contribution in [3.63, 3.8) is 0 Å². The summed E-state index contributed by atoms with van der Waals surface area (Å²) in [4.78, 5) is 40.1. The number of esters is 1. The zero-order chi connectivity index (χ0) is 62.1. The topological polar surface area (TPSA) is 114 Å². The number of amides is 1. The molecule has 85 heavy (non-hydrogen) atoms. The third kappa shape index (κ3) is 64.2. The molecule has 0 aliphatic carbocycles. The number of allylic oxidation sites excluding steroid dienone is 23. The number of phosphoric acid groups is 1. The van der Waals surface area contributed by atoms with Crippen LogP contribution in [-0.2, 0) is 27.9 Å². The van der Waals surface area contributed by atoms with Crippen LogP contribution < -0.4 is 10.2 Å². The Morgan fingerprint density at radius 1 is 0.424 bits per heavy atom. The van der Waals surface area contributed by atoms with Crippen LogP contribution in [0, 0.1) is 0 Å². The van der Waals surface area contributed by atoms with Crippen LogP contribution in [0.1, 0.15) is 265 Å². The van der Waals surface area contributed by atoms with E-state index in [0.29, 0.717) is 23.9 Å². The first kappa shape index (κ1) is 80.9. The number of phosphoric ester groups is 1. The number of hydrogen-bond donors (Lipinski definition) is 1. The first-order valence-electron chi connectivity index (χ1n) is 34.1. The normalized spacial score (nSPS) is 14.5. The molecule has 0 spiro atoms. The summed E-state index contributed by atoms with van der Waals surface area (Å²) < 4.78 is 30.4. The first-order chi connectivity index (χ1) is 41.4. The smallest absolute Gasteiger partial charge is 0.306 e. The van der Waals surface area contributed by atoms with Crippen LogP contribution in [0.15, 0.2) is 146 Å². The van der Waals surface area contributed by atoms with Gasteiger partial charge < -0.3 is 28.5 Å².